The lowest BCUT2D eigenvalue weighted by Crippen LogP contribution is -2.37. The maximum absolute atomic E-state index is 11.9. The summed E-state index contributed by atoms with van der Waals surface area (Å²) in [5, 5.41) is 16.1. The second-order valence-electron chi connectivity index (χ2n) is 3.22. The Morgan fingerprint density at radius 1 is 1.62 bits per heavy atom. The first-order chi connectivity index (χ1) is 7.42. The zero-order valence-corrected chi connectivity index (χ0v) is 11.3. The van der Waals surface area contributed by atoms with Crippen molar-refractivity contribution in [3.05, 3.63) is 4.60 Å². The molecule has 1 atom stereocenters. The zero-order chi connectivity index (χ0) is 12.3. The van der Waals surface area contributed by atoms with Crippen molar-refractivity contribution >= 4 is 26.0 Å². The number of sulfonamides is 1. The zero-order valence-electron chi connectivity index (χ0n) is 8.88. The first kappa shape index (κ1) is 13.6. The van der Waals surface area contributed by atoms with Gasteiger partial charge in [-0.15, -0.1) is 5.10 Å². The molecule has 16 heavy (non-hydrogen) atoms. The highest BCUT2D eigenvalue weighted by atomic mass is 79.9. The van der Waals surface area contributed by atoms with E-state index < -0.39 is 16.1 Å². The van der Waals surface area contributed by atoms with E-state index in [1.807, 2.05) is 0 Å². The van der Waals surface area contributed by atoms with Gasteiger partial charge >= 0.3 is 0 Å². The Kier molecular flexibility index (Phi) is 4.42. The standard InChI is InChI=1S/C7H13BrN4O3S/c1-3-5(4-13)10-16(14,15)7-6(8)9-11-12(7)2/h5,10,13H,3-4H2,1-2H3. The van der Waals surface area contributed by atoms with Gasteiger partial charge in [-0.25, -0.2) is 17.8 Å². The van der Waals surface area contributed by atoms with Crippen molar-refractivity contribution in [2.45, 2.75) is 24.4 Å². The maximum Gasteiger partial charge on any atom is 0.260 e. The molecule has 2 N–H and O–H groups in total. The molecule has 0 aromatic carbocycles. The van der Waals surface area contributed by atoms with Gasteiger partial charge in [0.1, 0.15) is 0 Å². The highest BCUT2D eigenvalue weighted by Gasteiger charge is 2.25. The van der Waals surface area contributed by atoms with E-state index in [0.29, 0.717) is 6.42 Å². The minimum atomic E-state index is -3.72. The van der Waals surface area contributed by atoms with Crippen molar-refractivity contribution in [3.8, 4) is 0 Å². The summed E-state index contributed by atoms with van der Waals surface area (Å²) in [5.41, 5.74) is 0. The molecule has 0 saturated carbocycles. The van der Waals surface area contributed by atoms with E-state index in [-0.39, 0.29) is 16.2 Å². The van der Waals surface area contributed by atoms with Crippen LogP contribution >= 0.6 is 15.9 Å². The van der Waals surface area contributed by atoms with E-state index in [4.69, 9.17) is 5.11 Å². The van der Waals surface area contributed by atoms with Crippen molar-refractivity contribution in [3.63, 3.8) is 0 Å². The number of halogens is 1. The molecule has 0 fully saturated rings. The number of hydrogen-bond acceptors (Lipinski definition) is 5. The quantitative estimate of drug-likeness (QED) is 0.773. The van der Waals surface area contributed by atoms with Crippen LogP contribution in [0.4, 0.5) is 0 Å². The van der Waals surface area contributed by atoms with Crippen LogP contribution < -0.4 is 4.72 Å². The molecule has 1 aromatic rings. The fourth-order valence-electron chi connectivity index (χ4n) is 1.13. The number of aryl methyl sites for hydroxylation is 1. The molecule has 1 aromatic heterocycles. The Bertz CT molecular complexity index is 435. The molecule has 7 nitrogen and oxygen atoms in total. The van der Waals surface area contributed by atoms with Crippen LogP contribution in [0.3, 0.4) is 0 Å². The smallest absolute Gasteiger partial charge is 0.260 e. The summed E-state index contributed by atoms with van der Waals surface area (Å²) in [5.74, 6) is 0. The Morgan fingerprint density at radius 2 is 2.25 bits per heavy atom. The predicted molar refractivity (Wildman–Crippen MR) is 60.2 cm³/mol. The van der Waals surface area contributed by atoms with Crippen LogP contribution in [0.15, 0.2) is 9.63 Å². The summed E-state index contributed by atoms with van der Waals surface area (Å²) in [6.45, 7) is 1.53. The largest absolute Gasteiger partial charge is 0.395 e. The van der Waals surface area contributed by atoms with Crippen molar-refractivity contribution in [2.75, 3.05) is 6.61 Å². The average Bonchev–Trinajstić information content (AvgIpc) is 2.55. The van der Waals surface area contributed by atoms with Gasteiger partial charge in [-0.1, -0.05) is 12.1 Å². The molecule has 0 spiro atoms. The van der Waals surface area contributed by atoms with Crippen LogP contribution in [0.2, 0.25) is 0 Å². The third-order valence-electron chi connectivity index (χ3n) is 2.03. The van der Waals surface area contributed by atoms with Gasteiger partial charge in [0.2, 0.25) is 5.03 Å². The Morgan fingerprint density at radius 3 is 2.62 bits per heavy atom. The van der Waals surface area contributed by atoms with E-state index >= 15 is 0 Å². The predicted octanol–water partition coefficient (Wildman–Crippen LogP) is -0.373. The lowest BCUT2D eigenvalue weighted by atomic mass is 10.3. The Hall–Kier alpha value is -0.510. The number of rotatable bonds is 5. The van der Waals surface area contributed by atoms with E-state index in [1.165, 1.54) is 7.05 Å². The number of nitrogens with one attached hydrogen (secondary N) is 1. The number of aliphatic hydroxyl groups excluding tert-OH is 1. The first-order valence-corrected chi connectivity index (χ1v) is 6.88. The van der Waals surface area contributed by atoms with Gasteiger partial charge in [0.25, 0.3) is 10.0 Å². The number of hydrogen-bond donors (Lipinski definition) is 2. The van der Waals surface area contributed by atoms with Crippen LogP contribution in [0.25, 0.3) is 0 Å². The lowest BCUT2D eigenvalue weighted by molar-refractivity contribution is 0.253. The van der Waals surface area contributed by atoms with E-state index in [1.54, 1.807) is 6.92 Å². The molecular weight excluding hydrogens is 300 g/mol. The molecule has 1 unspecified atom stereocenters. The number of aliphatic hydroxyl groups is 1. The van der Waals surface area contributed by atoms with Gasteiger partial charge in [0, 0.05) is 13.1 Å². The van der Waals surface area contributed by atoms with Crippen LogP contribution in [-0.2, 0) is 17.1 Å². The third-order valence-corrected chi connectivity index (χ3v) is 4.43. The van der Waals surface area contributed by atoms with Crippen molar-refractivity contribution in [2.24, 2.45) is 7.05 Å². The summed E-state index contributed by atoms with van der Waals surface area (Å²) in [4.78, 5) is 0. The Balaban J connectivity index is 3.03. The topological polar surface area (TPSA) is 97.1 Å². The van der Waals surface area contributed by atoms with Gasteiger partial charge in [0.05, 0.1) is 6.61 Å². The number of aromatic nitrogens is 3. The molecule has 92 valence electrons. The summed E-state index contributed by atoms with van der Waals surface area (Å²) in [7, 11) is -2.24. The summed E-state index contributed by atoms with van der Waals surface area (Å²) in [6.07, 6.45) is 0.499. The minimum Gasteiger partial charge on any atom is -0.395 e. The molecule has 0 aliphatic heterocycles. The average molecular weight is 313 g/mol. The van der Waals surface area contributed by atoms with E-state index in [0.717, 1.165) is 4.68 Å². The van der Waals surface area contributed by atoms with Gasteiger partial charge in [0.15, 0.2) is 4.60 Å². The molecule has 0 aliphatic carbocycles. The normalized spacial score (nSPS) is 14.0. The molecule has 1 heterocycles. The second-order valence-corrected chi connectivity index (χ2v) is 5.60. The van der Waals surface area contributed by atoms with Gasteiger partial charge in [-0.3, -0.25) is 0 Å². The van der Waals surface area contributed by atoms with Crippen molar-refractivity contribution < 1.29 is 13.5 Å². The fraction of sp³-hybridized carbons (Fsp3) is 0.714. The minimum absolute atomic E-state index is 0.0561. The molecule has 0 bridgehead atoms. The van der Waals surface area contributed by atoms with E-state index in [2.05, 4.69) is 31.0 Å². The lowest BCUT2D eigenvalue weighted by Gasteiger charge is -2.13. The summed E-state index contributed by atoms with van der Waals surface area (Å²) in [6, 6.07) is -0.508. The SMILES string of the molecule is CCC(CO)NS(=O)(=O)c1c(Br)nnn1C. The molecule has 0 radical (unpaired) electrons. The highest BCUT2D eigenvalue weighted by molar-refractivity contribution is 9.10. The van der Waals surface area contributed by atoms with Crippen LogP contribution in [0.1, 0.15) is 13.3 Å². The molecule has 0 saturated heterocycles. The molecular formula is C7H13BrN4O3S. The third kappa shape index (κ3) is 2.78. The molecule has 0 amide bonds. The second kappa shape index (κ2) is 5.21. The van der Waals surface area contributed by atoms with Gasteiger partial charge in [-0.05, 0) is 22.4 Å². The summed E-state index contributed by atoms with van der Waals surface area (Å²) >= 11 is 3.01. The molecule has 9 heteroatoms. The fourth-order valence-corrected chi connectivity index (χ4v) is 3.54. The summed E-state index contributed by atoms with van der Waals surface area (Å²) < 4.78 is 27.5. The van der Waals surface area contributed by atoms with Gasteiger partial charge in [-0.2, -0.15) is 0 Å². The molecule has 1 rings (SSSR count). The van der Waals surface area contributed by atoms with Crippen LogP contribution in [0.5, 0.6) is 0 Å². The first-order valence-electron chi connectivity index (χ1n) is 4.60. The van der Waals surface area contributed by atoms with Crippen molar-refractivity contribution in [1.82, 2.24) is 19.7 Å². The maximum atomic E-state index is 11.9. The number of nitrogens with zero attached hydrogens (tertiary/aromatic N) is 3. The Labute approximate surface area is 102 Å². The molecule has 0 aliphatic rings. The highest BCUT2D eigenvalue weighted by Crippen LogP contribution is 2.17. The monoisotopic (exact) mass is 312 g/mol. The van der Waals surface area contributed by atoms with Crippen LogP contribution in [-0.4, -0.2) is 41.2 Å². The van der Waals surface area contributed by atoms with E-state index in [9.17, 15) is 8.42 Å². The van der Waals surface area contributed by atoms with Crippen LogP contribution in [0, 0.1) is 0 Å². The van der Waals surface area contributed by atoms with Crippen molar-refractivity contribution in [1.29, 1.82) is 0 Å². The van der Waals surface area contributed by atoms with Gasteiger partial charge < -0.3 is 5.11 Å².